The smallest absolute Gasteiger partial charge is 0.327 e. The van der Waals surface area contributed by atoms with Gasteiger partial charge in [0.15, 0.2) is 10.8 Å². The fourth-order valence-electron chi connectivity index (χ4n) is 34.3. The second-order valence-corrected chi connectivity index (χ2v) is 49.9. The van der Waals surface area contributed by atoms with Crippen LogP contribution in [0, 0.1) is 161 Å². The van der Waals surface area contributed by atoms with E-state index in [4.69, 9.17) is 37.9 Å². The van der Waals surface area contributed by atoms with Crippen molar-refractivity contribution < 1.29 is 76.3 Å². The summed E-state index contributed by atoms with van der Waals surface area (Å²) in [5.41, 5.74) is -2.08. The molecule has 4 aromatic carbocycles. The van der Waals surface area contributed by atoms with Crippen molar-refractivity contribution in [3.8, 4) is 12.1 Å². The highest BCUT2D eigenvalue weighted by molar-refractivity contribution is 5.96. The summed E-state index contributed by atoms with van der Waals surface area (Å²) in [4.78, 5) is 106. The first-order chi connectivity index (χ1) is 63.6. The van der Waals surface area contributed by atoms with Gasteiger partial charge in [-0.2, -0.15) is 10.5 Å². The molecule has 22 rings (SSSR count). The summed E-state index contributed by atoms with van der Waals surface area (Å²) < 4.78 is 48.6. The third-order valence-electron chi connectivity index (χ3n) is 41.6. The van der Waals surface area contributed by atoms with Crippen LogP contribution in [0.1, 0.15) is 391 Å². The number of benzene rings is 4. The van der Waals surface area contributed by atoms with Crippen molar-refractivity contribution in [2.75, 3.05) is 0 Å². The number of carbonyl (C=O) groups excluding carboxylic acids is 8. The normalized spacial score (nSPS) is 38.3. The molecule has 18 heteroatoms. The maximum absolute atomic E-state index is 14.2. The summed E-state index contributed by atoms with van der Waals surface area (Å²) in [6, 6.07) is 31.8. The molecule has 31 unspecified atom stereocenters. The Labute approximate surface area is 812 Å². The zero-order valence-electron chi connectivity index (χ0n) is 83.8. The van der Waals surface area contributed by atoms with Gasteiger partial charge in [0.2, 0.25) is 0 Å². The number of nitriles is 2. The van der Waals surface area contributed by atoms with Crippen molar-refractivity contribution in [3.63, 3.8) is 0 Å². The highest BCUT2D eigenvalue weighted by atomic mass is 16.6. The Morgan fingerprint density at radius 3 is 1.07 bits per heavy atom. The van der Waals surface area contributed by atoms with E-state index in [1.54, 1.807) is 43.0 Å². The molecule has 2 saturated heterocycles. The fourth-order valence-corrected chi connectivity index (χ4v) is 34.3. The maximum atomic E-state index is 14.2. The first-order valence-electron chi connectivity index (χ1n) is 53.3. The van der Waals surface area contributed by atoms with Gasteiger partial charge in [-0.25, -0.2) is 0 Å². The minimum Gasteiger partial charge on any atom is -0.459 e. The predicted octanol–water partition coefficient (Wildman–Crippen LogP) is 25.9. The van der Waals surface area contributed by atoms with Gasteiger partial charge in [0.05, 0.1) is 44.6 Å². The lowest BCUT2D eigenvalue weighted by Gasteiger charge is -2.48. The van der Waals surface area contributed by atoms with Crippen LogP contribution >= 0.6 is 0 Å². The Hall–Kier alpha value is -7.86. The summed E-state index contributed by atoms with van der Waals surface area (Å²) >= 11 is 0. The number of carbonyl (C=O) groups is 8. The van der Waals surface area contributed by atoms with Crippen molar-refractivity contribution >= 4 is 69.3 Å². The van der Waals surface area contributed by atoms with Gasteiger partial charge < -0.3 is 37.9 Å². The lowest BCUT2D eigenvalue weighted by molar-refractivity contribution is -0.192. The molecule has 16 fully saturated rings. The molecule has 136 heavy (non-hydrogen) atoms. The molecule has 0 spiro atoms. The second kappa shape index (κ2) is 35.7. The van der Waals surface area contributed by atoms with E-state index in [-0.39, 0.29) is 91.2 Å². The molecule has 16 aliphatic carbocycles. The highest BCUT2D eigenvalue weighted by Crippen LogP contribution is 2.74. The van der Waals surface area contributed by atoms with E-state index in [2.05, 4.69) is 140 Å². The van der Waals surface area contributed by atoms with Crippen LogP contribution in [-0.2, 0) is 76.3 Å². The molecular formula is C118H162N2O16. The Bertz CT molecular complexity index is 5300. The van der Waals surface area contributed by atoms with Crippen LogP contribution in [0.25, 0.3) is 21.5 Å². The van der Waals surface area contributed by atoms with Crippen LogP contribution in [0.5, 0.6) is 0 Å². The van der Waals surface area contributed by atoms with Gasteiger partial charge in [-0.05, 0) is 394 Å². The number of fused-ring (bicyclic) bond motifs is 20. The lowest BCUT2D eigenvalue weighted by Crippen LogP contribution is -2.51. The van der Waals surface area contributed by atoms with Crippen molar-refractivity contribution in [2.24, 2.45) is 138 Å². The number of ether oxygens (including phenoxy) is 8. The molecule has 0 aromatic heterocycles. The van der Waals surface area contributed by atoms with E-state index in [1.165, 1.54) is 72.9 Å². The zero-order chi connectivity index (χ0) is 95.3. The summed E-state index contributed by atoms with van der Waals surface area (Å²) in [6.45, 7) is 36.7. The van der Waals surface area contributed by atoms with E-state index in [1.807, 2.05) is 48.5 Å². The monoisotopic (exact) mass is 1860 g/mol. The predicted molar refractivity (Wildman–Crippen MR) is 524 cm³/mol. The first-order valence-corrected chi connectivity index (χ1v) is 53.3. The van der Waals surface area contributed by atoms with E-state index in [9.17, 15) is 48.9 Å². The summed E-state index contributed by atoms with van der Waals surface area (Å²) in [5, 5.41) is 25.1. The minimum absolute atomic E-state index is 0. The standard InChI is InChI=1S/C38H58O4.C28H32N2O8.C26H22.C24H42O4.2CH4/c1-7-36(6,34(40)42-38(9-3)19-26-17-28(38)32-24-13-11-22(15-24)30(26)32)20-35(4,5)33(39)41-37(8-2)18-25-16-27(37)31-23-12-10-21(14-23)29(25)31;1-5-26(4,22(32)36-18-14-7-16-20(18)38-24(34)28(16,9-14)12-30)10-25(2,3)21(31)35-17-13-6-15-19(17)37-23(33)27(15,8-13)11-29;1-15-19-11-3-7-17-9-5-13-21(25(17)19)23(15)24-16(2)20-12-4-8-18-10-6-14-22(24)26(18)20;1-7-22(6,20(26)28-24(9-3)16-12-13-17-24)18-21(4,5)19(25)27-23(8-2)14-10-11-15-23;;/h21-32H,7-20H2,1-6H3;13-20H,5-10H2,1-4H3;3-16,23-24H,1-2H3;7-18H2,1-6H3;2*1H4. The molecule has 740 valence electrons. The van der Waals surface area contributed by atoms with Crippen molar-refractivity contribution in [3.05, 3.63) is 95.1 Å². The van der Waals surface area contributed by atoms with Crippen LogP contribution in [0.4, 0.5) is 0 Å². The van der Waals surface area contributed by atoms with Gasteiger partial charge in [-0.1, -0.05) is 150 Å². The molecule has 18 aliphatic rings. The van der Waals surface area contributed by atoms with Crippen molar-refractivity contribution in [2.45, 2.75) is 415 Å². The SMILES string of the molecule is C.C.CC1c2cccc3cccc(c23)C1C1c2cccc3cccc(c23)C1C.CCC(C)(CC(C)(C)C(=O)OC1(CC)CC2CC1C1C3CCC(C3)C21)C(=O)OC1(CC)CC2CC1C1C3CCC(C3)C21.CCC(C)(CC(C)(C)C(=O)OC1C2CC3C1OC(=O)C3(C#N)C2)C(=O)OC1C2CC3C1OC(=O)C3(C#N)C2.CCC1(OC(=O)C(C)(C)CC(C)(CC)C(=O)OC2(CC)CCCC2)CCCC1. The van der Waals surface area contributed by atoms with Crippen LogP contribution in [-0.4, -0.2) is 94.6 Å². The molecule has 0 radical (unpaired) electrons. The summed E-state index contributed by atoms with van der Waals surface area (Å²) in [5.74, 6) is 8.71. The molecular weight excluding hydrogens is 1700 g/mol. The number of hydrogen-bond acceptors (Lipinski definition) is 18. The van der Waals surface area contributed by atoms with Crippen LogP contribution in [0.2, 0.25) is 0 Å². The lowest BCUT2D eigenvalue weighted by atomic mass is 9.64. The van der Waals surface area contributed by atoms with Crippen LogP contribution in [0.3, 0.4) is 0 Å². The van der Waals surface area contributed by atoms with Crippen LogP contribution in [0.15, 0.2) is 72.8 Å². The molecule has 2 aliphatic heterocycles. The van der Waals surface area contributed by atoms with Gasteiger partial charge in [0, 0.05) is 35.5 Å². The first kappa shape index (κ1) is 99.7. The minimum atomic E-state index is -1.11. The summed E-state index contributed by atoms with van der Waals surface area (Å²) in [7, 11) is 0. The van der Waals surface area contributed by atoms with Gasteiger partial charge in [0.1, 0.15) is 46.8 Å². The summed E-state index contributed by atoms with van der Waals surface area (Å²) in [6.07, 6.45) is 27.5. The van der Waals surface area contributed by atoms with Gasteiger partial charge >= 0.3 is 47.8 Å². The van der Waals surface area contributed by atoms with Crippen LogP contribution < -0.4 is 0 Å². The highest BCUT2D eigenvalue weighted by Gasteiger charge is 2.76. The molecule has 18 nitrogen and oxygen atoms in total. The quantitative estimate of drug-likeness (QED) is 0.0321. The fraction of sp³-hybridized carbons (Fsp3) is 0.746. The largest absolute Gasteiger partial charge is 0.459 e. The van der Waals surface area contributed by atoms with Gasteiger partial charge in [-0.15, -0.1) is 0 Å². The Morgan fingerprint density at radius 1 is 0.382 bits per heavy atom. The van der Waals surface area contributed by atoms with Crippen molar-refractivity contribution in [1.29, 1.82) is 10.5 Å². The molecule has 31 atom stereocenters. The molecule has 2 heterocycles. The second-order valence-electron chi connectivity index (χ2n) is 49.9. The van der Waals surface area contributed by atoms with E-state index >= 15 is 0 Å². The molecule has 12 bridgehead atoms. The number of rotatable bonds is 26. The van der Waals surface area contributed by atoms with E-state index < -0.39 is 91.6 Å². The third-order valence-corrected chi connectivity index (χ3v) is 41.6. The van der Waals surface area contributed by atoms with Gasteiger partial charge in [0.25, 0.3) is 0 Å². The average molecular weight is 1860 g/mol. The Morgan fingerprint density at radius 2 is 0.706 bits per heavy atom. The molecule has 14 saturated carbocycles. The molecule has 0 N–H and O–H groups in total. The number of nitrogens with zero attached hydrogens (tertiary/aromatic N) is 2. The van der Waals surface area contributed by atoms with E-state index in [0.29, 0.717) is 93.3 Å². The Balaban J connectivity index is 0.000000128. The average Bonchev–Trinajstić information content (AvgIpc) is 1.55. The third kappa shape index (κ3) is 15.5. The zero-order valence-corrected chi connectivity index (χ0v) is 83.8. The van der Waals surface area contributed by atoms with Gasteiger partial charge in [-0.3, -0.25) is 38.4 Å². The number of hydrogen-bond donors (Lipinski definition) is 0. The molecule has 4 aromatic rings. The van der Waals surface area contributed by atoms with E-state index in [0.717, 1.165) is 149 Å². The van der Waals surface area contributed by atoms with Crippen molar-refractivity contribution in [1.82, 2.24) is 0 Å². The number of esters is 8. The maximum Gasteiger partial charge on any atom is 0.327 e. The topological polar surface area (TPSA) is 258 Å². The Kier molecular flexibility index (Phi) is 26.1. The molecule has 0 amide bonds.